The van der Waals surface area contributed by atoms with Gasteiger partial charge in [-0.3, -0.25) is 4.79 Å². The van der Waals surface area contributed by atoms with E-state index >= 15 is 0 Å². The molecule has 0 aliphatic heterocycles. The van der Waals surface area contributed by atoms with Crippen molar-refractivity contribution in [2.75, 3.05) is 11.1 Å². The number of H-pyrrole nitrogens is 1. The van der Waals surface area contributed by atoms with Crippen molar-refractivity contribution in [1.29, 1.82) is 0 Å². The first-order valence-corrected chi connectivity index (χ1v) is 8.60. The third kappa shape index (κ3) is 3.22. The normalized spacial score (nSPS) is 10.9. The van der Waals surface area contributed by atoms with Crippen molar-refractivity contribution >= 4 is 28.6 Å². The number of hydrogen-bond acceptors (Lipinski definition) is 5. The molecule has 27 heavy (non-hydrogen) atoms. The number of anilines is 2. The molecule has 1 amide bonds. The van der Waals surface area contributed by atoms with E-state index in [1.165, 1.54) is 6.33 Å². The number of amides is 1. The van der Waals surface area contributed by atoms with E-state index in [0.29, 0.717) is 22.8 Å². The number of carbonyl (C=O) groups excluding carboxylic acids is 1. The quantitative estimate of drug-likeness (QED) is 0.518. The van der Waals surface area contributed by atoms with Crippen LogP contribution < -0.4 is 11.1 Å². The maximum atomic E-state index is 12.5. The Hall–Kier alpha value is -3.74. The topological polar surface area (TPSA) is 110 Å². The molecule has 0 aliphatic carbocycles. The minimum atomic E-state index is -0.205. The molecule has 0 unspecified atom stereocenters. The molecule has 134 valence electrons. The van der Waals surface area contributed by atoms with Crippen molar-refractivity contribution in [3.63, 3.8) is 0 Å². The molecule has 0 fully saturated rings. The highest BCUT2D eigenvalue weighted by Gasteiger charge is 2.12. The number of nitrogen functional groups attached to an aromatic ring is 1. The number of nitrogens with zero attached hydrogens (tertiary/aromatic N) is 3. The van der Waals surface area contributed by atoms with Gasteiger partial charge in [0.15, 0.2) is 0 Å². The zero-order valence-electron chi connectivity index (χ0n) is 14.7. The Balaban J connectivity index is 1.59. The van der Waals surface area contributed by atoms with Crippen LogP contribution in [0, 0.1) is 0 Å². The van der Waals surface area contributed by atoms with E-state index in [0.717, 1.165) is 28.5 Å². The fourth-order valence-electron chi connectivity index (χ4n) is 2.97. The van der Waals surface area contributed by atoms with Crippen LogP contribution in [0.5, 0.6) is 0 Å². The number of rotatable bonds is 4. The van der Waals surface area contributed by atoms with Gasteiger partial charge >= 0.3 is 0 Å². The lowest BCUT2D eigenvalue weighted by Gasteiger charge is -2.07. The van der Waals surface area contributed by atoms with E-state index in [2.05, 4.69) is 32.2 Å². The SMILES string of the molecule is CCc1ccnc(NC(=O)c2ccc(-c3c[nH]c4ncnc(N)c34)cc2)c1. The van der Waals surface area contributed by atoms with Crippen LogP contribution in [0.2, 0.25) is 0 Å². The van der Waals surface area contributed by atoms with Crippen LogP contribution in [0.3, 0.4) is 0 Å². The van der Waals surface area contributed by atoms with Crippen LogP contribution in [0.15, 0.2) is 55.1 Å². The molecule has 0 saturated carbocycles. The molecular weight excluding hydrogens is 340 g/mol. The number of aromatic amines is 1. The minimum Gasteiger partial charge on any atom is -0.383 e. The van der Waals surface area contributed by atoms with E-state index in [9.17, 15) is 4.79 Å². The predicted molar refractivity (Wildman–Crippen MR) is 105 cm³/mol. The third-order valence-electron chi connectivity index (χ3n) is 4.43. The third-order valence-corrected chi connectivity index (χ3v) is 4.43. The molecule has 3 heterocycles. The Morgan fingerprint density at radius 3 is 2.74 bits per heavy atom. The number of nitrogens with one attached hydrogen (secondary N) is 2. The number of aromatic nitrogens is 4. The first-order valence-electron chi connectivity index (χ1n) is 8.60. The van der Waals surface area contributed by atoms with Crippen LogP contribution in [0.4, 0.5) is 11.6 Å². The summed E-state index contributed by atoms with van der Waals surface area (Å²) in [5.74, 6) is 0.758. The number of hydrogen-bond donors (Lipinski definition) is 3. The van der Waals surface area contributed by atoms with Crippen LogP contribution in [0.25, 0.3) is 22.2 Å². The Labute approximate surface area is 155 Å². The van der Waals surface area contributed by atoms with Gasteiger partial charge in [-0.05, 0) is 41.8 Å². The number of pyridine rings is 1. The summed E-state index contributed by atoms with van der Waals surface area (Å²) in [6, 6.07) is 11.1. The smallest absolute Gasteiger partial charge is 0.256 e. The summed E-state index contributed by atoms with van der Waals surface area (Å²) in [5, 5.41) is 3.60. The summed E-state index contributed by atoms with van der Waals surface area (Å²) in [6.07, 6.45) is 5.84. The maximum absolute atomic E-state index is 12.5. The molecule has 1 aromatic carbocycles. The van der Waals surface area contributed by atoms with Crippen molar-refractivity contribution in [3.8, 4) is 11.1 Å². The standard InChI is InChI=1S/C20H18N6O/c1-2-12-7-8-22-16(9-12)26-20(27)14-5-3-13(4-6-14)15-10-23-19-17(15)18(21)24-11-25-19/h3-11H,2H2,1H3,(H,22,26,27)(H3,21,23,24,25). The molecule has 0 atom stereocenters. The van der Waals surface area contributed by atoms with Crippen molar-refractivity contribution in [2.45, 2.75) is 13.3 Å². The van der Waals surface area contributed by atoms with Gasteiger partial charge in [0.2, 0.25) is 0 Å². The fraction of sp³-hybridized carbons (Fsp3) is 0.100. The first-order chi connectivity index (χ1) is 13.2. The molecule has 0 spiro atoms. The number of aryl methyl sites for hydroxylation is 1. The zero-order valence-corrected chi connectivity index (χ0v) is 14.7. The van der Waals surface area contributed by atoms with E-state index in [1.54, 1.807) is 18.3 Å². The Kier molecular flexibility index (Phi) is 4.25. The highest BCUT2D eigenvalue weighted by molar-refractivity contribution is 6.05. The summed E-state index contributed by atoms with van der Waals surface area (Å²) in [4.78, 5) is 28.0. The van der Waals surface area contributed by atoms with Crippen molar-refractivity contribution in [1.82, 2.24) is 19.9 Å². The fourth-order valence-corrected chi connectivity index (χ4v) is 2.97. The second-order valence-corrected chi connectivity index (χ2v) is 6.12. The maximum Gasteiger partial charge on any atom is 0.256 e. The van der Waals surface area contributed by atoms with Crippen LogP contribution in [-0.4, -0.2) is 25.8 Å². The molecular formula is C20H18N6O. The lowest BCUT2D eigenvalue weighted by atomic mass is 10.0. The Morgan fingerprint density at radius 1 is 1.15 bits per heavy atom. The first kappa shape index (κ1) is 16.7. The van der Waals surface area contributed by atoms with Crippen molar-refractivity contribution < 1.29 is 4.79 Å². The summed E-state index contributed by atoms with van der Waals surface area (Å²) < 4.78 is 0. The lowest BCUT2D eigenvalue weighted by molar-refractivity contribution is 0.102. The largest absolute Gasteiger partial charge is 0.383 e. The zero-order chi connectivity index (χ0) is 18.8. The molecule has 0 aliphatic rings. The molecule has 7 heteroatoms. The molecule has 4 N–H and O–H groups in total. The Bertz CT molecular complexity index is 1120. The summed E-state index contributed by atoms with van der Waals surface area (Å²) >= 11 is 0. The summed E-state index contributed by atoms with van der Waals surface area (Å²) in [7, 11) is 0. The van der Waals surface area contributed by atoms with E-state index < -0.39 is 0 Å². The van der Waals surface area contributed by atoms with E-state index in [4.69, 9.17) is 5.73 Å². The van der Waals surface area contributed by atoms with Crippen LogP contribution in [-0.2, 0) is 6.42 Å². The van der Waals surface area contributed by atoms with Gasteiger partial charge in [-0.25, -0.2) is 15.0 Å². The van der Waals surface area contributed by atoms with Gasteiger partial charge in [-0.2, -0.15) is 0 Å². The number of carbonyl (C=O) groups is 1. The van der Waals surface area contributed by atoms with Crippen molar-refractivity contribution in [2.24, 2.45) is 0 Å². The molecule has 3 aromatic heterocycles. The lowest BCUT2D eigenvalue weighted by Crippen LogP contribution is -2.13. The van der Waals surface area contributed by atoms with Crippen LogP contribution >= 0.6 is 0 Å². The molecule has 0 bridgehead atoms. The number of nitrogens with two attached hydrogens (primary N) is 1. The highest BCUT2D eigenvalue weighted by Crippen LogP contribution is 2.30. The van der Waals surface area contributed by atoms with Crippen molar-refractivity contribution in [3.05, 3.63) is 66.2 Å². The van der Waals surface area contributed by atoms with Gasteiger partial charge in [-0.15, -0.1) is 0 Å². The van der Waals surface area contributed by atoms with Gasteiger partial charge in [0, 0.05) is 23.5 Å². The summed E-state index contributed by atoms with van der Waals surface area (Å²) in [6.45, 7) is 2.06. The van der Waals surface area contributed by atoms with Gasteiger partial charge in [-0.1, -0.05) is 19.1 Å². The monoisotopic (exact) mass is 358 g/mol. The highest BCUT2D eigenvalue weighted by atomic mass is 16.1. The second kappa shape index (κ2) is 6.87. The van der Waals surface area contributed by atoms with Gasteiger partial charge in [0.25, 0.3) is 5.91 Å². The molecule has 4 rings (SSSR count). The minimum absolute atomic E-state index is 0.205. The average Bonchev–Trinajstić information content (AvgIpc) is 3.14. The Morgan fingerprint density at radius 2 is 1.96 bits per heavy atom. The molecule has 0 saturated heterocycles. The van der Waals surface area contributed by atoms with E-state index in [-0.39, 0.29) is 5.91 Å². The van der Waals surface area contributed by atoms with Gasteiger partial charge in [0.1, 0.15) is 23.6 Å². The van der Waals surface area contributed by atoms with Gasteiger partial charge < -0.3 is 16.0 Å². The molecule has 7 nitrogen and oxygen atoms in total. The van der Waals surface area contributed by atoms with Gasteiger partial charge in [0.05, 0.1) is 5.39 Å². The van der Waals surface area contributed by atoms with E-state index in [1.807, 2.05) is 30.5 Å². The second-order valence-electron chi connectivity index (χ2n) is 6.12. The molecule has 0 radical (unpaired) electrons. The number of fused-ring (bicyclic) bond motifs is 1. The average molecular weight is 358 g/mol. The van der Waals surface area contributed by atoms with Crippen LogP contribution in [0.1, 0.15) is 22.8 Å². The predicted octanol–water partition coefficient (Wildman–Crippen LogP) is 3.42. The number of benzene rings is 1. The molecule has 4 aromatic rings. The summed E-state index contributed by atoms with van der Waals surface area (Å²) in [5.41, 5.74) is 10.2.